The number of likely N-dealkylation sites (tertiary alicyclic amines) is 1. The Morgan fingerprint density at radius 1 is 0.758 bits per heavy atom. The molecule has 7 nitrogen and oxygen atoms in total. The van der Waals surface area contributed by atoms with Crippen molar-refractivity contribution in [1.29, 1.82) is 0 Å². The smallest absolute Gasteiger partial charge is 0.257 e. The van der Waals surface area contributed by atoms with Crippen molar-refractivity contribution < 1.29 is 28.3 Å². The second-order valence-electron chi connectivity index (χ2n) is 8.33. The SMILES string of the molecule is O=C(c1ccccc1O)N1CCN(C(=O)C2CCN(C(=O)c3ccc(F)cc3F)CC2)CC1. The van der Waals surface area contributed by atoms with Crippen LogP contribution in [-0.4, -0.2) is 76.8 Å². The highest BCUT2D eigenvalue weighted by Gasteiger charge is 2.33. The van der Waals surface area contributed by atoms with Gasteiger partial charge in [0.15, 0.2) is 0 Å². The fourth-order valence-electron chi connectivity index (χ4n) is 4.38. The number of hydrogen-bond donors (Lipinski definition) is 1. The summed E-state index contributed by atoms with van der Waals surface area (Å²) in [5, 5.41) is 9.91. The van der Waals surface area contributed by atoms with Crippen LogP contribution in [0.1, 0.15) is 33.6 Å². The molecule has 2 saturated heterocycles. The first-order chi connectivity index (χ1) is 15.8. The summed E-state index contributed by atoms with van der Waals surface area (Å²) in [5.74, 6) is -2.72. The van der Waals surface area contributed by atoms with Gasteiger partial charge in [-0.05, 0) is 37.1 Å². The van der Waals surface area contributed by atoms with E-state index in [1.54, 1.807) is 28.0 Å². The molecule has 2 aliphatic heterocycles. The van der Waals surface area contributed by atoms with Crippen molar-refractivity contribution in [3.63, 3.8) is 0 Å². The maximum atomic E-state index is 13.9. The maximum Gasteiger partial charge on any atom is 0.257 e. The highest BCUT2D eigenvalue weighted by atomic mass is 19.1. The lowest BCUT2D eigenvalue weighted by Crippen LogP contribution is -2.53. The van der Waals surface area contributed by atoms with Crippen molar-refractivity contribution in [2.24, 2.45) is 5.92 Å². The normalized spacial score (nSPS) is 17.2. The molecule has 1 N–H and O–H groups in total. The van der Waals surface area contributed by atoms with E-state index in [2.05, 4.69) is 0 Å². The lowest BCUT2D eigenvalue weighted by atomic mass is 9.94. The van der Waals surface area contributed by atoms with Gasteiger partial charge in [-0.3, -0.25) is 14.4 Å². The number of aromatic hydroxyl groups is 1. The Labute approximate surface area is 190 Å². The molecular weight excluding hydrogens is 432 g/mol. The topological polar surface area (TPSA) is 81.2 Å². The summed E-state index contributed by atoms with van der Waals surface area (Å²) in [4.78, 5) is 43.0. The summed E-state index contributed by atoms with van der Waals surface area (Å²) in [6.45, 7) is 2.19. The molecule has 33 heavy (non-hydrogen) atoms. The van der Waals surface area contributed by atoms with Crippen molar-refractivity contribution in [3.05, 3.63) is 65.2 Å². The lowest BCUT2D eigenvalue weighted by Gasteiger charge is -2.38. The van der Waals surface area contributed by atoms with E-state index in [1.807, 2.05) is 0 Å². The van der Waals surface area contributed by atoms with Crippen LogP contribution < -0.4 is 0 Å². The largest absolute Gasteiger partial charge is 0.507 e. The fraction of sp³-hybridized carbons (Fsp3) is 0.375. The average Bonchev–Trinajstić information content (AvgIpc) is 2.83. The number of para-hydroxylation sites is 1. The molecule has 2 fully saturated rings. The Morgan fingerprint density at radius 2 is 1.33 bits per heavy atom. The van der Waals surface area contributed by atoms with E-state index in [0.717, 1.165) is 12.1 Å². The number of benzene rings is 2. The number of phenolic OH excluding ortho intramolecular Hbond substituents is 1. The van der Waals surface area contributed by atoms with Crippen LogP contribution in [0, 0.1) is 17.6 Å². The van der Waals surface area contributed by atoms with Gasteiger partial charge in [0.05, 0.1) is 11.1 Å². The predicted molar refractivity (Wildman–Crippen MR) is 116 cm³/mol. The van der Waals surface area contributed by atoms with E-state index in [1.165, 1.54) is 11.0 Å². The number of piperidine rings is 1. The number of rotatable bonds is 3. The highest BCUT2D eigenvalue weighted by molar-refractivity contribution is 5.97. The Morgan fingerprint density at radius 3 is 1.97 bits per heavy atom. The van der Waals surface area contributed by atoms with Gasteiger partial charge in [0.2, 0.25) is 5.91 Å². The molecule has 2 heterocycles. The molecule has 3 amide bonds. The van der Waals surface area contributed by atoms with Gasteiger partial charge in [0.1, 0.15) is 17.4 Å². The van der Waals surface area contributed by atoms with Crippen molar-refractivity contribution in [2.75, 3.05) is 39.3 Å². The number of hydrogen-bond acceptors (Lipinski definition) is 4. The van der Waals surface area contributed by atoms with Gasteiger partial charge in [-0.15, -0.1) is 0 Å². The van der Waals surface area contributed by atoms with Crippen LogP contribution in [0.15, 0.2) is 42.5 Å². The molecule has 2 aliphatic rings. The van der Waals surface area contributed by atoms with Crippen molar-refractivity contribution in [2.45, 2.75) is 12.8 Å². The number of carbonyl (C=O) groups is 3. The van der Waals surface area contributed by atoms with Crippen molar-refractivity contribution in [1.82, 2.24) is 14.7 Å². The third-order valence-electron chi connectivity index (χ3n) is 6.31. The quantitative estimate of drug-likeness (QED) is 0.768. The molecule has 2 aromatic rings. The number of piperazine rings is 1. The Hall–Kier alpha value is -3.49. The first-order valence-corrected chi connectivity index (χ1v) is 11.0. The molecule has 0 atom stereocenters. The Bertz CT molecular complexity index is 1060. The molecule has 174 valence electrons. The standard InChI is InChI=1S/C24H25F2N3O4/c25-17-5-6-18(20(26)15-17)23(32)27-9-7-16(8-10-27)22(31)28-11-13-29(14-12-28)24(33)19-3-1-2-4-21(19)30/h1-6,15-16,30H,7-14H2. The van der Waals surface area contributed by atoms with Gasteiger partial charge in [0.25, 0.3) is 11.8 Å². The van der Waals surface area contributed by atoms with Crippen LogP contribution >= 0.6 is 0 Å². The molecule has 0 aromatic heterocycles. The predicted octanol–water partition coefficient (Wildman–Crippen LogP) is 2.51. The van der Waals surface area contributed by atoms with Gasteiger partial charge >= 0.3 is 0 Å². The molecule has 9 heteroatoms. The second kappa shape index (κ2) is 9.56. The van der Waals surface area contributed by atoms with E-state index >= 15 is 0 Å². The zero-order chi connectivity index (χ0) is 23.5. The molecule has 0 spiro atoms. The Kier molecular flexibility index (Phi) is 6.57. The van der Waals surface area contributed by atoms with Crippen LogP contribution in [0.2, 0.25) is 0 Å². The maximum absolute atomic E-state index is 13.9. The van der Waals surface area contributed by atoms with Gasteiger partial charge < -0.3 is 19.8 Å². The minimum absolute atomic E-state index is 0.00952. The summed E-state index contributed by atoms with van der Waals surface area (Å²) in [6, 6.07) is 9.26. The van der Waals surface area contributed by atoms with E-state index in [0.29, 0.717) is 58.2 Å². The highest BCUT2D eigenvalue weighted by Crippen LogP contribution is 2.24. The minimum atomic E-state index is -0.894. The first kappa shape index (κ1) is 22.7. The second-order valence-corrected chi connectivity index (χ2v) is 8.33. The molecular formula is C24H25F2N3O4. The summed E-state index contributed by atoms with van der Waals surface area (Å²) in [7, 11) is 0. The molecule has 0 radical (unpaired) electrons. The van der Waals surface area contributed by atoms with Gasteiger partial charge in [-0.25, -0.2) is 8.78 Å². The van der Waals surface area contributed by atoms with Crippen LogP contribution in [0.4, 0.5) is 8.78 Å². The number of nitrogens with zero attached hydrogens (tertiary/aromatic N) is 3. The van der Waals surface area contributed by atoms with Crippen LogP contribution in [0.25, 0.3) is 0 Å². The fourth-order valence-corrected chi connectivity index (χ4v) is 4.38. The summed E-state index contributed by atoms with van der Waals surface area (Å²) >= 11 is 0. The van der Waals surface area contributed by atoms with E-state index in [9.17, 15) is 28.3 Å². The number of carbonyl (C=O) groups excluding carboxylic acids is 3. The van der Waals surface area contributed by atoms with E-state index < -0.39 is 17.5 Å². The summed E-state index contributed by atoms with van der Waals surface area (Å²) in [5.41, 5.74) is 0.0679. The van der Waals surface area contributed by atoms with Crippen LogP contribution in [0.3, 0.4) is 0 Å². The number of halogens is 2. The van der Waals surface area contributed by atoms with Crippen molar-refractivity contribution in [3.8, 4) is 5.75 Å². The molecule has 0 aliphatic carbocycles. The molecule has 0 unspecified atom stereocenters. The van der Waals surface area contributed by atoms with Gasteiger partial charge in [-0.2, -0.15) is 0 Å². The van der Waals surface area contributed by atoms with E-state index in [-0.39, 0.29) is 34.6 Å². The molecule has 0 saturated carbocycles. The summed E-state index contributed by atoms with van der Waals surface area (Å²) in [6.07, 6.45) is 0.925. The summed E-state index contributed by atoms with van der Waals surface area (Å²) < 4.78 is 27.0. The monoisotopic (exact) mass is 457 g/mol. The van der Waals surface area contributed by atoms with Gasteiger partial charge in [0, 0.05) is 51.3 Å². The van der Waals surface area contributed by atoms with Crippen LogP contribution in [-0.2, 0) is 4.79 Å². The third-order valence-corrected chi connectivity index (χ3v) is 6.31. The van der Waals surface area contributed by atoms with E-state index in [4.69, 9.17) is 0 Å². The minimum Gasteiger partial charge on any atom is -0.507 e. The van der Waals surface area contributed by atoms with Crippen molar-refractivity contribution >= 4 is 17.7 Å². The first-order valence-electron chi connectivity index (χ1n) is 11.0. The van der Waals surface area contributed by atoms with Crippen LogP contribution in [0.5, 0.6) is 5.75 Å². The lowest BCUT2D eigenvalue weighted by molar-refractivity contribution is -0.138. The molecule has 0 bridgehead atoms. The zero-order valence-electron chi connectivity index (χ0n) is 18.0. The number of phenols is 1. The Balaban J connectivity index is 1.28. The molecule has 2 aromatic carbocycles. The number of amides is 3. The molecule has 4 rings (SSSR count). The third kappa shape index (κ3) is 4.81. The zero-order valence-corrected chi connectivity index (χ0v) is 18.0. The van der Waals surface area contributed by atoms with Gasteiger partial charge in [-0.1, -0.05) is 12.1 Å². The average molecular weight is 457 g/mol.